The topological polar surface area (TPSA) is 23.5 Å². The third kappa shape index (κ3) is 12.3. The van der Waals surface area contributed by atoms with Crippen molar-refractivity contribution < 1.29 is 37.8 Å². The molecule has 0 bridgehead atoms. The third-order valence-corrected chi connectivity index (χ3v) is 3.68. The van der Waals surface area contributed by atoms with Crippen molar-refractivity contribution in [1.29, 1.82) is 0 Å². The van der Waals surface area contributed by atoms with E-state index in [1.807, 2.05) is 13.0 Å². The number of likely N-dealkylation sites (tertiary alicyclic amines) is 1. The summed E-state index contributed by atoms with van der Waals surface area (Å²) in [6, 6.07) is 11.1. The summed E-state index contributed by atoms with van der Waals surface area (Å²) >= 11 is 0. The molecule has 0 saturated carbocycles. The van der Waals surface area contributed by atoms with E-state index in [0.29, 0.717) is 12.0 Å². The van der Waals surface area contributed by atoms with E-state index in [-0.39, 0.29) is 55.0 Å². The summed E-state index contributed by atoms with van der Waals surface area (Å²) in [5.74, 6) is 0.659. The monoisotopic (exact) mass is 400 g/mol. The summed E-state index contributed by atoms with van der Waals surface area (Å²) in [4.78, 5) is 2.31. The Morgan fingerprint density at radius 3 is 1.70 bits per heavy atom. The van der Waals surface area contributed by atoms with Gasteiger partial charge in [0.05, 0.1) is 5.60 Å². The molecule has 2 nitrogen and oxygen atoms in total. The van der Waals surface area contributed by atoms with E-state index in [4.69, 9.17) is 0 Å². The van der Waals surface area contributed by atoms with Crippen LogP contribution in [0.5, 0.6) is 0 Å². The van der Waals surface area contributed by atoms with Gasteiger partial charge in [0.15, 0.2) is 0 Å². The van der Waals surface area contributed by atoms with Crippen LogP contribution in [-0.2, 0) is 32.7 Å². The van der Waals surface area contributed by atoms with Gasteiger partial charge in [-0.25, -0.2) is 0 Å². The Labute approximate surface area is 171 Å². The minimum atomic E-state index is -0.426. The largest absolute Gasteiger partial charge is 0.389 e. The van der Waals surface area contributed by atoms with Gasteiger partial charge < -0.3 is 5.11 Å². The van der Waals surface area contributed by atoms with Gasteiger partial charge >= 0.3 is 0 Å². The molecule has 1 radical (unpaired) electrons. The molecule has 2 rings (SSSR count). The molecule has 1 heterocycles. The van der Waals surface area contributed by atoms with Crippen LogP contribution in [0.1, 0.15) is 74.8 Å². The zero-order valence-corrected chi connectivity index (χ0v) is 16.5. The van der Waals surface area contributed by atoms with Gasteiger partial charge in [-0.2, -0.15) is 0 Å². The SMILES string of the molecule is C.C.C.CC(C)N1CCC(C)(O)C1.CC(C)c1ccccc1.[Y]. The Kier molecular flexibility index (Phi) is 19.7. The van der Waals surface area contributed by atoms with Crippen LogP contribution in [0.15, 0.2) is 30.3 Å². The van der Waals surface area contributed by atoms with Crippen LogP contribution in [-0.4, -0.2) is 34.7 Å². The first-order chi connectivity index (χ1) is 8.82. The Bertz CT molecular complexity index is 363. The summed E-state index contributed by atoms with van der Waals surface area (Å²) in [5.41, 5.74) is 0.988. The van der Waals surface area contributed by atoms with Gasteiger partial charge in [-0.05, 0) is 38.7 Å². The molecule has 1 unspecified atom stereocenters. The zero-order chi connectivity index (χ0) is 14.5. The second-order valence-electron chi connectivity index (χ2n) is 6.38. The van der Waals surface area contributed by atoms with Gasteiger partial charge in [-0.15, -0.1) is 0 Å². The first-order valence-electron chi connectivity index (χ1n) is 7.33. The molecule has 0 amide bonds. The first kappa shape index (κ1) is 31.1. The van der Waals surface area contributed by atoms with Crippen LogP contribution < -0.4 is 0 Å². The summed E-state index contributed by atoms with van der Waals surface area (Å²) in [5, 5.41) is 9.57. The number of rotatable bonds is 2. The molecule has 1 aliphatic heterocycles. The number of aliphatic hydroxyl groups is 1. The Balaban J connectivity index is -0.000000134. The van der Waals surface area contributed by atoms with Crippen molar-refractivity contribution in [2.75, 3.05) is 13.1 Å². The van der Waals surface area contributed by atoms with E-state index >= 15 is 0 Å². The quantitative estimate of drug-likeness (QED) is 0.702. The minimum Gasteiger partial charge on any atom is -0.389 e. The molecule has 0 spiro atoms. The van der Waals surface area contributed by atoms with Crippen LogP contribution in [0.25, 0.3) is 0 Å². The van der Waals surface area contributed by atoms with E-state index in [1.54, 1.807) is 0 Å². The predicted octanol–water partition coefficient (Wildman–Crippen LogP) is 5.57. The van der Waals surface area contributed by atoms with E-state index < -0.39 is 5.60 Å². The number of hydrogen-bond donors (Lipinski definition) is 1. The molecule has 0 aromatic heterocycles. The fourth-order valence-electron chi connectivity index (χ4n) is 2.26. The maximum absolute atomic E-state index is 9.57. The molecule has 0 aliphatic carbocycles. The number of hydrogen-bond acceptors (Lipinski definition) is 2. The smallest absolute Gasteiger partial charge is 0.0758 e. The van der Waals surface area contributed by atoms with Crippen LogP contribution in [0.4, 0.5) is 0 Å². The summed E-state index contributed by atoms with van der Waals surface area (Å²) in [6.07, 6.45) is 0.922. The van der Waals surface area contributed by atoms with E-state index in [1.165, 1.54) is 5.56 Å². The minimum absolute atomic E-state index is 0. The average molecular weight is 400 g/mol. The molecule has 1 aliphatic rings. The zero-order valence-electron chi connectivity index (χ0n) is 13.6. The standard InChI is InChI=1S/C9H12.C8H17NO.3CH4.Y/c1-8(2)9-6-4-3-5-7-9;1-7(2)9-5-4-8(3,10)6-9;;;;/h3-8H,1-2H3;7,10H,4-6H2,1-3H3;3*1H4;. The Morgan fingerprint density at radius 1 is 1.00 bits per heavy atom. The molecule has 1 saturated heterocycles. The van der Waals surface area contributed by atoms with E-state index in [9.17, 15) is 5.11 Å². The second kappa shape index (κ2) is 14.6. The molecular weight excluding hydrogens is 359 g/mol. The van der Waals surface area contributed by atoms with Crippen LogP contribution in [0.2, 0.25) is 0 Å². The van der Waals surface area contributed by atoms with Crippen molar-refractivity contribution in [2.45, 2.75) is 80.9 Å². The Hall–Kier alpha value is 0.244. The molecule has 23 heavy (non-hydrogen) atoms. The van der Waals surface area contributed by atoms with Gasteiger partial charge in [0, 0.05) is 51.8 Å². The predicted molar refractivity (Wildman–Crippen MR) is 103 cm³/mol. The van der Waals surface area contributed by atoms with Crippen molar-refractivity contribution in [1.82, 2.24) is 4.90 Å². The summed E-state index contributed by atoms with van der Waals surface area (Å²) in [7, 11) is 0. The van der Waals surface area contributed by atoms with Gasteiger partial charge in [0.1, 0.15) is 0 Å². The average Bonchev–Trinajstić information content (AvgIpc) is 2.72. The molecule has 1 aromatic rings. The molecule has 3 heteroatoms. The van der Waals surface area contributed by atoms with Crippen molar-refractivity contribution in [3.05, 3.63) is 35.9 Å². The normalized spacial score (nSPS) is 19.5. The van der Waals surface area contributed by atoms with Gasteiger partial charge in [-0.3, -0.25) is 4.90 Å². The fraction of sp³-hybridized carbons (Fsp3) is 0.700. The van der Waals surface area contributed by atoms with Crippen molar-refractivity contribution in [3.63, 3.8) is 0 Å². The van der Waals surface area contributed by atoms with Crippen LogP contribution in [0.3, 0.4) is 0 Å². The van der Waals surface area contributed by atoms with Crippen LogP contribution >= 0.6 is 0 Å². The van der Waals surface area contributed by atoms with E-state index in [2.05, 4.69) is 56.9 Å². The first-order valence-corrected chi connectivity index (χ1v) is 7.33. The molecule has 1 fully saturated rings. The van der Waals surface area contributed by atoms with Crippen molar-refractivity contribution in [2.24, 2.45) is 0 Å². The second-order valence-corrected chi connectivity index (χ2v) is 6.38. The maximum Gasteiger partial charge on any atom is 0.0758 e. The number of nitrogens with zero attached hydrogens (tertiary/aromatic N) is 1. The summed E-state index contributed by atoms with van der Waals surface area (Å²) < 4.78 is 0. The fourth-order valence-corrected chi connectivity index (χ4v) is 2.26. The van der Waals surface area contributed by atoms with Gasteiger partial charge in [-0.1, -0.05) is 66.5 Å². The molecule has 135 valence electrons. The van der Waals surface area contributed by atoms with E-state index in [0.717, 1.165) is 19.5 Å². The molecule has 1 aromatic carbocycles. The number of benzene rings is 1. The molecule has 1 N–H and O–H groups in total. The third-order valence-electron chi connectivity index (χ3n) is 3.68. The van der Waals surface area contributed by atoms with Gasteiger partial charge in [0.25, 0.3) is 0 Å². The van der Waals surface area contributed by atoms with Crippen LogP contribution in [0, 0.1) is 0 Å². The molecular formula is C20H41NOY. The molecule has 1 atom stereocenters. The number of β-amino-alcohol motifs (C(OH)–C–C–N with tert-alkyl or cyclic N) is 1. The maximum atomic E-state index is 9.57. The van der Waals surface area contributed by atoms with Crippen molar-refractivity contribution in [3.8, 4) is 0 Å². The van der Waals surface area contributed by atoms with Gasteiger partial charge in [0.2, 0.25) is 0 Å². The Morgan fingerprint density at radius 2 is 1.48 bits per heavy atom. The van der Waals surface area contributed by atoms with Crippen molar-refractivity contribution >= 4 is 0 Å². The summed E-state index contributed by atoms with van der Waals surface area (Å²) in [6.45, 7) is 12.5.